The van der Waals surface area contributed by atoms with Crippen molar-refractivity contribution in [1.82, 2.24) is 13.9 Å². The van der Waals surface area contributed by atoms with Gasteiger partial charge in [0.1, 0.15) is 0 Å². The molecular formula is C33H41ClN4O6S2. The molecule has 0 bridgehead atoms. The lowest BCUT2D eigenvalue weighted by molar-refractivity contribution is 0.0698. The van der Waals surface area contributed by atoms with Gasteiger partial charge in [0.05, 0.1) is 15.4 Å². The highest BCUT2D eigenvalue weighted by Gasteiger charge is 2.34. The third-order valence-electron chi connectivity index (χ3n) is 8.91. The first-order chi connectivity index (χ1) is 22.0. The summed E-state index contributed by atoms with van der Waals surface area (Å²) in [6.45, 7) is 2.13. The van der Waals surface area contributed by atoms with E-state index in [0.717, 1.165) is 57.2 Å². The van der Waals surface area contributed by atoms with Crippen LogP contribution in [-0.4, -0.2) is 69.2 Å². The molecule has 13 heteroatoms. The smallest absolute Gasteiger partial charge is 0.337 e. The summed E-state index contributed by atoms with van der Waals surface area (Å²) >= 11 is 6.05. The predicted octanol–water partition coefficient (Wildman–Crippen LogP) is 5.40. The second-order valence-corrected chi connectivity index (χ2v) is 16.3. The lowest BCUT2D eigenvalue weighted by atomic mass is 9.98. The van der Waals surface area contributed by atoms with Crippen LogP contribution in [0.4, 0.5) is 5.69 Å². The highest BCUT2D eigenvalue weighted by molar-refractivity contribution is 7.89. The molecular weight excluding hydrogens is 648 g/mol. The van der Waals surface area contributed by atoms with Crippen molar-refractivity contribution in [3.8, 4) is 0 Å². The van der Waals surface area contributed by atoms with Crippen LogP contribution < -0.4 is 10.6 Å². The molecule has 3 aromatic rings. The van der Waals surface area contributed by atoms with Crippen molar-refractivity contribution in [3.05, 3.63) is 88.4 Å². The van der Waals surface area contributed by atoms with E-state index in [1.54, 1.807) is 31.3 Å². The molecule has 0 spiro atoms. The Morgan fingerprint density at radius 1 is 0.848 bits per heavy atom. The summed E-state index contributed by atoms with van der Waals surface area (Å²) in [5, 5.41) is 16.3. The molecule has 0 aromatic heterocycles. The van der Waals surface area contributed by atoms with Gasteiger partial charge < -0.3 is 15.7 Å². The summed E-state index contributed by atoms with van der Waals surface area (Å²) in [5.74, 6) is -0.935. The van der Waals surface area contributed by atoms with Gasteiger partial charge in [0.15, 0.2) is 0 Å². The number of carbonyl (C=O) groups is 1. The Morgan fingerprint density at radius 3 is 2.02 bits per heavy atom. The number of halogens is 1. The summed E-state index contributed by atoms with van der Waals surface area (Å²) < 4.78 is 59.3. The van der Waals surface area contributed by atoms with Crippen LogP contribution in [0.15, 0.2) is 76.5 Å². The summed E-state index contributed by atoms with van der Waals surface area (Å²) in [6, 6.07) is 17.3. The lowest BCUT2D eigenvalue weighted by Gasteiger charge is -2.30. The van der Waals surface area contributed by atoms with Crippen LogP contribution in [0.1, 0.15) is 60.0 Å². The molecule has 1 aliphatic heterocycles. The molecule has 1 saturated carbocycles. The second-order valence-electron chi connectivity index (χ2n) is 12.0. The molecule has 1 heterocycles. The normalized spacial score (nSPS) is 16.7. The summed E-state index contributed by atoms with van der Waals surface area (Å²) in [5.41, 5.74) is 1.95. The first kappa shape index (κ1) is 34.3. The Labute approximate surface area is 276 Å². The van der Waals surface area contributed by atoms with Gasteiger partial charge in [-0.05, 0) is 104 Å². The minimum atomic E-state index is -4.04. The number of anilines is 1. The minimum absolute atomic E-state index is 0.00139. The number of piperidine rings is 1. The molecule has 0 unspecified atom stereocenters. The minimum Gasteiger partial charge on any atom is -0.478 e. The average molecular weight is 689 g/mol. The van der Waals surface area contributed by atoms with Crippen LogP contribution in [0, 0.1) is 5.92 Å². The van der Waals surface area contributed by atoms with E-state index in [1.807, 2.05) is 12.1 Å². The quantitative estimate of drug-likeness (QED) is 0.217. The number of nitrogens with one attached hydrogen (secondary N) is 2. The van der Waals surface area contributed by atoms with E-state index in [0.29, 0.717) is 16.3 Å². The van der Waals surface area contributed by atoms with Gasteiger partial charge >= 0.3 is 5.97 Å². The zero-order valence-electron chi connectivity index (χ0n) is 25.9. The molecule has 3 N–H and O–H groups in total. The number of nitrogens with zero attached hydrogens (tertiary/aromatic N) is 2. The van der Waals surface area contributed by atoms with Gasteiger partial charge in [-0.3, -0.25) is 0 Å². The zero-order valence-corrected chi connectivity index (χ0v) is 28.2. The average Bonchev–Trinajstić information content (AvgIpc) is 3.59. The number of hydrogen-bond donors (Lipinski definition) is 3. The van der Waals surface area contributed by atoms with Crippen molar-refractivity contribution < 1.29 is 26.7 Å². The molecule has 2 aliphatic rings. The largest absolute Gasteiger partial charge is 0.478 e. The van der Waals surface area contributed by atoms with Gasteiger partial charge in [-0.2, -0.15) is 8.61 Å². The van der Waals surface area contributed by atoms with Crippen LogP contribution in [0.3, 0.4) is 0 Å². The van der Waals surface area contributed by atoms with Crippen LogP contribution in [0.25, 0.3) is 0 Å². The molecule has 0 radical (unpaired) electrons. The van der Waals surface area contributed by atoms with Crippen LogP contribution in [-0.2, 0) is 33.1 Å². The van der Waals surface area contributed by atoms with E-state index >= 15 is 0 Å². The SMILES string of the molecule is CNc1cc(CN(CC2CCNCC2)S(=O)(=O)c2ccc(S(=O)(=O)N(Cc3ccc(Cl)cc3)C3CCCC3)cc2)ccc1C(=O)O. The van der Waals surface area contributed by atoms with Gasteiger partial charge in [-0.25, -0.2) is 21.6 Å². The maximum Gasteiger partial charge on any atom is 0.337 e. The van der Waals surface area contributed by atoms with Crippen LogP contribution in [0.2, 0.25) is 5.02 Å². The highest BCUT2D eigenvalue weighted by Crippen LogP contribution is 2.32. The number of rotatable bonds is 13. The van der Waals surface area contributed by atoms with E-state index in [9.17, 15) is 26.7 Å². The van der Waals surface area contributed by atoms with Gasteiger partial charge in [0.2, 0.25) is 20.0 Å². The third kappa shape index (κ3) is 7.92. The number of benzene rings is 3. The molecule has 5 rings (SSSR count). The monoisotopic (exact) mass is 688 g/mol. The van der Waals surface area contributed by atoms with E-state index in [1.165, 1.54) is 38.9 Å². The molecule has 1 saturated heterocycles. The van der Waals surface area contributed by atoms with Gasteiger partial charge in [-0.1, -0.05) is 42.6 Å². The first-order valence-corrected chi connectivity index (χ1v) is 18.9. The Morgan fingerprint density at radius 2 is 1.43 bits per heavy atom. The van der Waals surface area contributed by atoms with Crippen molar-refractivity contribution in [2.24, 2.45) is 5.92 Å². The number of hydrogen-bond acceptors (Lipinski definition) is 7. The van der Waals surface area contributed by atoms with E-state index in [4.69, 9.17) is 11.6 Å². The number of carboxylic acid groups (broad SMARTS) is 1. The Bertz CT molecular complexity index is 1720. The molecule has 1 aliphatic carbocycles. The van der Waals surface area contributed by atoms with Crippen molar-refractivity contribution in [3.63, 3.8) is 0 Å². The molecule has 10 nitrogen and oxygen atoms in total. The van der Waals surface area contributed by atoms with Gasteiger partial charge in [0, 0.05) is 43.4 Å². The topological polar surface area (TPSA) is 136 Å². The third-order valence-corrected chi connectivity index (χ3v) is 12.9. The van der Waals surface area contributed by atoms with Crippen molar-refractivity contribution in [1.29, 1.82) is 0 Å². The number of aromatic carboxylic acids is 1. The lowest BCUT2D eigenvalue weighted by Crippen LogP contribution is -2.39. The first-order valence-electron chi connectivity index (χ1n) is 15.6. The van der Waals surface area contributed by atoms with Crippen molar-refractivity contribution in [2.45, 2.75) is 67.4 Å². The Hall–Kier alpha value is -3.00. The summed E-state index contributed by atoms with van der Waals surface area (Å²) in [6.07, 6.45) is 5.11. The Balaban J connectivity index is 1.43. The number of carboxylic acids is 1. The zero-order chi connectivity index (χ0) is 32.9. The Kier molecular flexibility index (Phi) is 11.1. The molecule has 0 amide bonds. The highest BCUT2D eigenvalue weighted by atomic mass is 35.5. The molecule has 46 heavy (non-hydrogen) atoms. The molecule has 3 aromatic carbocycles. The van der Waals surface area contributed by atoms with Gasteiger partial charge in [-0.15, -0.1) is 0 Å². The van der Waals surface area contributed by atoms with E-state index < -0.39 is 26.0 Å². The fraction of sp³-hybridized carbons (Fsp3) is 0.424. The standard InChI is InChI=1S/C33H41ClN4O6S2/c1-35-32-20-26(8-15-31(32)33(39)40)22-37(21-25-16-18-36-19-17-25)45(41,42)29-11-13-30(14-12-29)46(43,44)38(28-4-2-3-5-28)23-24-6-9-27(34)10-7-24/h6-15,20,25,28,35-36H,2-5,16-19,21-23H2,1H3,(H,39,40). The van der Waals surface area contributed by atoms with Crippen molar-refractivity contribution in [2.75, 3.05) is 32.0 Å². The summed E-state index contributed by atoms with van der Waals surface area (Å²) in [4.78, 5) is 11.7. The van der Waals surface area contributed by atoms with E-state index in [2.05, 4.69) is 10.6 Å². The second kappa shape index (κ2) is 14.8. The predicted molar refractivity (Wildman–Crippen MR) is 179 cm³/mol. The maximum atomic E-state index is 14.1. The summed E-state index contributed by atoms with van der Waals surface area (Å²) in [7, 11) is -6.36. The van der Waals surface area contributed by atoms with Crippen LogP contribution >= 0.6 is 11.6 Å². The van der Waals surface area contributed by atoms with E-state index in [-0.39, 0.29) is 46.9 Å². The fourth-order valence-corrected chi connectivity index (χ4v) is 9.63. The maximum absolute atomic E-state index is 14.1. The molecule has 0 atom stereocenters. The van der Waals surface area contributed by atoms with Gasteiger partial charge in [0.25, 0.3) is 0 Å². The number of sulfonamides is 2. The van der Waals surface area contributed by atoms with Crippen LogP contribution in [0.5, 0.6) is 0 Å². The molecule has 248 valence electrons. The van der Waals surface area contributed by atoms with Crippen molar-refractivity contribution >= 4 is 43.3 Å². The molecule has 2 fully saturated rings. The fourth-order valence-electron chi connectivity index (χ4n) is 6.33.